The van der Waals surface area contributed by atoms with E-state index in [4.69, 9.17) is 4.74 Å². The molecule has 1 aromatic rings. The Labute approximate surface area is 118 Å². The zero-order chi connectivity index (χ0) is 13.0. The predicted molar refractivity (Wildman–Crippen MR) is 78.3 cm³/mol. The fourth-order valence-electron chi connectivity index (χ4n) is 2.46. The van der Waals surface area contributed by atoms with Crippen LogP contribution in [0.5, 0.6) is 5.75 Å². The van der Waals surface area contributed by atoms with Gasteiger partial charge in [-0.2, -0.15) is 0 Å². The van der Waals surface area contributed by atoms with Crippen molar-refractivity contribution in [2.45, 2.75) is 18.9 Å². The fourth-order valence-corrected chi connectivity index (χ4v) is 2.87. The van der Waals surface area contributed by atoms with Crippen molar-refractivity contribution in [3.05, 3.63) is 28.2 Å². The number of hydrogen-bond donors (Lipinski definition) is 1. The summed E-state index contributed by atoms with van der Waals surface area (Å²) in [6.07, 6.45) is 2.20. The second-order valence-corrected chi connectivity index (χ2v) is 5.82. The third-order valence-corrected chi connectivity index (χ3v) is 3.96. The third kappa shape index (κ3) is 3.70. The number of ether oxygens (including phenoxy) is 1. The Kier molecular flexibility index (Phi) is 5.03. The summed E-state index contributed by atoms with van der Waals surface area (Å²) in [5.41, 5.74) is 1.28. The number of rotatable bonds is 4. The largest absolute Gasteiger partial charge is 0.496 e. The molecule has 1 aromatic carbocycles. The van der Waals surface area contributed by atoms with Crippen LogP contribution in [0, 0.1) is 0 Å². The number of nitrogens with zero attached hydrogens (tertiary/aromatic N) is 1. The molecule has 1 atom stereocenters. The van der Waals surface area contributed by atoms with E-state index in [0.717, 1.165) is 42.7 Å². The molecule has 0 radical (unpaired) electrons. The van der Waals surface area contributed by atoms with E-state index in [1.807, 2.05) is 12.1 Å². The summed E-state index contributed by atoms with van der Waals surface area (Å²) >= 11 is 3.52. The first-order chi connectivity index (χ1) is 8.69. The molecule has 0 aliphatic carbocycles. The van der Waals surface area contributed by atoms with Crippen LogP contribution in [0.3, 0.4) is 0 Å². The van der Waals surface area contributed by atoms with Gasteiger partial charge in [0.2, 0.25) is 0 Å². The molecular weight excluding hydrogens is 292 g/mol. The number of hydrogen-bond acceptors (Lipinski definition) is 3. The summed E-state index contributed by atoms with van der Waals surface area (Å²) in [6, 6.07) is 6.80. The lowest BCUT2D eigenvalue weighted by Gasteiger charge is -2.31. The Morgan fingerprint density at radius 3 is 3.06 bits per heavy atom. The van der Waals surface area contributed by atoms with Crippen molar-refractivity contribution in [1.82, 2.24) is 10.2 Å². The summed E-state index contributed by atoms with van der Waals surface area (Å²) in [5, 5.41) is 3.58. The summed E-state index contributed by atoms with van der Waals surface area (Å²) in [4.78, 5) is 2.39. The lowest BCUT2D eigenvalue weighted by atomic mass is 10.0. The highest BCUT2D eigenvalue weighted by Gasteiger charge is 2.16. The van der Waals surface area contributed by atoms with E-state index in [-0.39, 0.29) is 0 Å². The van der Waals surface area contributed by atoms with Gasteiger partial charge in [0.1, 0.15) is 5.75 Å². The van der Waals surface area contributed by atoms with Crippen molar-refractivity contribution >= 4 is 15.9 Å². The van der Waals surface area contributed by atoms with Gasteiger partial charge in [0.25, 0.3) is 0 Å². The van der Waals surface area contributed by atoms with Gasteiger partial charge < -0.3 is 15.0 Å². The first kappa shape index (κ1) is 13.8. The van der Waals surface area contributed by atoms with Gasteiger partial charge in [-0.1, -0.05) is 15.9 Å². The van der Waals surface area contributed by atoms with Crippen LogP contribution in [0.25, 0.3) is 0 Å². The Morgan fingerprint density at radius 2 is 2.33 bits per heavy atom. The number of likely N-dealkylation sites (N-methyl/N-ethyl adjacent to an activating group) is 1. The van der Waals surface area contributed by atoms with E-state index < -0.39 is 0 Å². The number of piperazine rings is 1. The molecule has 1 aliphatic heterocycles. The number of benzene rings is 1. The predicted octanol–water partition coefficient (Wildman–Crippen LogP) is 2.29. The van der Waals surface area contributed by atoms with E-state index in [0.29, 0.717) is 6.04 Å². The van der Waals surface area contributed by atoms with Gasteiger partial charge in [-0.25, -0.2) is 0 Å². The minimum Gasteiger partial charge on any atom is -0.496 e. The topological polar surface area (TPSA) is 24.5 Å². The van der Waals surface area contributed by atoms with Crippen LogP contribution < -0.4 is 10.1 Å². The van der Waals surface area contributed by atoms with Crippen molar-refractivity contribution in [3.63, 3.8) is 0 Å². The van der Waals surface area contributed by atoms with Crippen molar-refractivity contribution in [2.24, 2.45) is 0 Å². The second-order valence-electron chi connectivity index (χ2n) is 4.91. The third-order valence-electron chi connectivity index (χ3n) is 3.46. The Morgan fingerprint density at radius 1 is 1.50 bits per heavy atom. The highest BCUT2D eigenvalue weighted by molar-refractivity contribution is 9.10. The molecule has 1 saturated heterocycles. The average Bonchev–Trinajstić information content (AvgIpc) is 2.37. The van der Waals surface area contributed by atoms with E-state index in [2.05, 4.69) is 39.3 Å². The van der Waals surface area contributed by atoms with E-state index in [1.165, 1.54) is 5.56 Å². The van der Waals surface area contributed by atoms with Crippen LogP contribution >= 0.6 is 15.9 Å². The molecule has 0 saturated carbocycles. The highest BCUT2D eigenvalue weighted by Crippen LogP contribution is 2.24. The van der Waals surface area contributed by atoms with Crippen LogP contribution in [-0.2, 0) is 6.42 Å². The monoisotopic (exact) mass is 312 g/mol. The molecule has 18 heavy (non-hydrogen) atoms. The zero-order valence-corrected chi connectivity index (χ0v) is 12.7. The standard InChI is InChI=1S/C14H21BrN2O/c1-17-8-7-16-13(10-17)5-3-11-9-12(15)4-6-14(11)18-2/h4,6,9,13,16H,3,5,7-8,10H2,1-2H3. The van der Waals surface area contributed by atoms with Crippen molar-refractivity contribution < 1.29 is 4.74 Å². The maximum atomic E-state index is 5.41. The zero-order valence-electron chi connectivity index (χ0n) is 11.1. The maximum Gasteiger partial charge on any atom is 0.122 e. The minimum absolute atomic E-state index is 0.590. The molecule has 4 heteroatoms. The molecule has 3 nitrogen and oxygen atoms in total. The van der Waals surface area contributed by atoms with Gasteiger partial charge in [-0.05, 0) is 43.7 Å². The maximum absolute atomic E-state index is 5.41. The Bertz CT molecular complexity index is 397. The summed E-state index contributed by atoms with van der Waals surface area (Å²) < 4.78 is 6.53. The molecule has 0 aromatic heterocycles. The molecule has 100 valence electrons. The lowest BCUT2D eigenvalue weighted by Crippen LogP contribution is -2.49. The molecule has 2 rings (SSSR count). The SMILES string of the molecule is COc1ccc(Br)cc1CCC1CN(C)CCN1. The number of methoxy groups -OCH3 is 1. The molecular formula is C14H21BrN2O. The number of nitrogens with one attached hydrogen (secondary N) is 1. The summed E-state index contributed by atoms with van der Waals surface area (Å²) in [7, 11) is 3.92. The van der Waals surface area contributed by atoms with Gasteiger partial charge in [-0.3, -0.25) is 0 Å². The van der Waals surface area contributed by atoms with Gasteiger partial charge in [-0.15, -0.1) is 0 Å². The number of halogens is 1. The second kappa shape index (κ2) is 6.55. The van der Waals surface area contributed by atoms with E-state index in [9.17, 15) is 0 Å². The molecule has 1 heterocycles. The highest BCUT2D eigenvalue weighted by atomic mass is 79.9. The van der Waals surface area contributed by atoms with Crippen molar-refractivity contribution in [2.75, 3.05) is 33.8 Å². The van der Waals surface area contributed by atoms with Gasteiger partial charge in [0.15, 0.2) is 0 Å². The molecule has 1 N–H and O–H groups in total. The summed E-state index contributed by atoms with van der Waals surface area (Å²) in [5.74, 6) is 0.988. The first-order valence-electron chi connectivity index (χ1n) is 6.43. The summed E-state index contributed by atoms with van der Waals surface area (Å²) in [6.45, 7) is 3.38. The Hall–Kier alpha value is -0.580. The average molecular weight is 313 g/mol. The van der Waals surface area contributed by atoms with Gasteiger partial charge >= 0.3 is 0 Å². The van der Waals surface area contributed by atoms with Crippen LogP contribution in [-0.4, -0.2) is 44.7 Å². The lowest BCUT2D eigenvalue weighted by molar-refractivity contribution is 0.232. The van der Waals surface area contributed by atoms with Crippen LogP contribution in [0.15, 0.2) is 22.7 Å². The van der Waals surface area contributed by atoms with E-state index >= 15 is 0 Å². The number of aryl methyl sites for hydroxylation is 1. The van der Waals surface area contributed by atoms with Crippen molar-refractivity contribution in [1.29, 1.82) is 0 Å². The van der Waals surface area contributed by atoms with Crippen LogP contribution in [0.2, 0.25) is 0 Å². The van der Waals surface area contributed by atoms with Gasteiger partial charge in [0.05, 0.1) is 7.11 Å². The van der Waals surface area contributed by atoms with Crippen LogP contribution in [0.4, 0.5) is 0 Å². The molecule has 1 fully saturated rings. The first-order valence-corrected chi connectivity index (χ1v) is 7.22. The van der Waals surface area contributed by atoms with Crippen molar-refractivity contribution in [3.8, 4) is 5.75 Å². The molecule has 0 bridgehead atoms. The quantitative estimate of drug-likeness (QED) is 0.923. The van der Waals surface area contributed by atoms with Crippen LogP contribution in [0.1, 0.15) is 12.0 Å². The molecule has 1 aliphatic rings. The molecule has 0 amide bonds. The smallest absolute Gasteiger partial charge is 0.122 e. The Balaban J connectivity index is 1.94. The molecule has 1 unspecified atom stereocenters. The fraction of sp³-hybridized carbons (Fsp3) is 0.571. The minimum atomic E-state index is 0.590. The van der Waals surface area contributed by atoms with E-state index in [1.54, 1.807) is 7.11 Å². The molecule has 0 spiro atoms. The van der Waals surface area contributed by atoms with Gasteiger partial charge in [0, 0.05) is 30.1 Å². The normalized spacial score (nSPS) is 20.9.